The molecule has 3 aliphatic rings. The number of methoxy groups -OCH3 is 1. The van der Waals surface area contributed by atoms with Crippen molar-refractivity contribution in [3.63, 3.8) is 0 Å². The number of hydrazine groups is 2. The Labute approximate surface area is 194 Å². The van der Waals surface area contributed by atoms with E-state index in [0.717, 1.165) is 16.9 Å². The summed E-state index contributed by atoms with van der Waals surface area (Å²) >= 11 is 0. The first-order chi connectivity index (χ1) is 16.0. The van der Waals surface area contributed by atoms with Crippen molar-refractivity contribution in [1.82, 2.24) is 26.6 Å². The van der Waals surface area contributed by atoms with Crippen LogP contribution < -0.4 is 26.3 Å². The zero-order valence-electron chi connectivity index (χ0n) is 19.0. The number of benzene rings is 2. The van der Waals surface area contributed by atoms with Crippen molar-refractivity contribution in [1.29, 1.82) is 0 Å². The number of fused-ring (bicyclic) bond motifs is 3. The van der Waals surface area contributed by atoms with Crippen molar-refractivity contribution in [3.8, 4) is 5.75 Å². The summed E-state index contributed by atoms with van der Waals surface area (Å²) in [6.07, 6.45) is 1.85. The lowest BCUT2D eigenvalue weighted by atomic mass is 9.75. The van der Waals surface area contributed by atoms with Gasteiger partial charge in [-0.15, -0.1) is 0 Å². The molecule has 4 N–H and O–H groups in total. The van der Waals surface area contributed by atoms with Crippen LogP contribution in [0.25, 0.3) is 0 Å². The molecule has 8 heteroatoms. The molecule has 5 rings (SSSR count). The van der Waals surface area contributed by atoms with Crippen molar-refractivity contribution < 1.29 is 14.3 Å². The molecular formula is C25H31N5O3. The molecule has 3 fully saturated rings. The predicted molar refractivity (Wildman–Crippen MR) is 123 cm³/mol. The number of nitrogens with one attached hydrogen (secondary N) is 4. The van der Waals surface area contributed by atoms with Gasteiger partial charge in [-0.3, -0.25) is 9.59 Å². The zero-order valence-corrected chi connectivity index (χ0v) is 19.0. The van der Waals surface area contributed by atoms with Crippen LogP contribution in [-0.4, -0.2) is 36.1 Å². The molecule has 174 valence electrons. The van der Waals surface area contributed by atoms with Gasteiger partial charge in [0.1, 0.15) is 11.9 Å². The van der Waals surface area contributed by atoms with Gasteiger partial charge in [-0.25, -0.2) is 10.4 Å². The van der Waals surface area contributed by atoms with Crippen LogP contribution in [-0.2, 0) is 16.1 Å². The fourth-order valence-corrected chi connectivity index (χ4v) is 5.45. The largest absolute Gasteiger partial charge is 0.496 e. The van der Waals surface area contributed by atoms with Gasteiger partial charge in [0.05, 0.1) is 19.1 Å². The molecule has 1 aliphatic carbocycles. The first-order valence-electron chi connectivity index (χ1n) is 11.6. The highest BCUT2D eigenvalue weighted by Gasteiger charge is 2.51. The molecule has 2 aromatic rings. The van der Waals surface area contributed by atoms with Crippen LogP contribution in [0, 0.1) is 18.8 Å². The standard InChI is InChI=1S/C25H31N5O3/c1-15-6-5-8-16(12-15)22-23-27-25(32)19-11-10-17(13-20(19)30(23)29-28-22)24(31)26-14-18-7-3-4-9-21(18)33-2/h3-9,12,17,19-20,22-23,28-29H,10-11,13-14H2,1-2H3,(H,26,31)(H,27,32). The Morgan fingerprint density at radius 1 is 1.18 bits per heavy atom. The Balaban J connectivity index is 1.27. The van der Waals surface area contributed by atoms with Crippen LogP contribution in [0.5, 0.6) is 5.75 Å². The van der Waals surface area contributed by atoms with Gasteiger partial charge in [-0.2, -0.15) is 5.53 Å². The highest BCUT2D eigenvalue weighted by molar-refractivity contribution is 5.83. The average molecular weight is 450 g/mol. The van der Waals surface area contributed by atoms with E-state index in [1.54, 1.807) is 7.11 Å². The third-order valence-corrected chi connectivity index (χ3v) is 7.18. The van der Waals surface area contributed by atoms with Crippen LogP contribution in [0.3, 0.4) is 0 Å². The van der Waals surface area contributed by atoms with E-state index in [0.29, 0.717) is 25.8 Å². The molecule has 2 aromatic carbocycles. The van der Waals surface area contributed by atoms with E-state index in [-0.39, 0.29) is 41.9 Å². The van der Waals surface area contributed by atoms with E-state index >= 15 is 0 Å². The quantitative estimate of drug-likeness (QED) is 0.557. The molecule has 5 atom stereocenters. The second-order valence-corrected chi connectivity index (χ2v) is 9.22. The van der Waals surface area contributed by atoms with Gasteiger partial charge in [0, 0.05) is 24.1 Å². The first kappa shape index (κ1) is 21.9. The minimum Gasteiger partial charge on any atom is -0.496 e. The fraction of sp³-hybridized carbons (Fsp3) is 0.440. The van der Waals surface area contributed by atoms with Gasteiger partial charge < -0.3 is 15.4 Å². The lowest BCUT2D eigenvalue weighted by Crippen LogP contribution is -2.65. The molecule has 2 aliphatic heterocycles. The van der Waals surface area contributed by atoms with Gasteiger partial charge in [-0.05, 0) is 37.8 Å². The predicted octanol–water partition coefficient (Wildman–Crippen LogP) is 1.93. The lowest BCUT2D eigenvalue weighted by molar-refractivity contribution is -0.143. The third-order valence-electron chi connectivity index (χ3n) is 7.18. The number of nitrogens with zero attached hydrogens (tertiary/aromatic N) is 1. The monoisotopic (exact) mass is 449 g/mol. The molecule has 8 nitrogen and oxygen atoms in total. The molecule has 2 saturated heterocycles. The summed E-state index contributed by atoms with van der Waals surface area (Å²) in [5.74, 6) is 0.627. The maximum Gasteiger partial charge on any atom is 0.226 e. The summed E-state index contributed by atoms with van der Waals surface area (Å²) < 4.78 is 5.39. The highest BCUT2D eigenvalue weighted by atomic mass is 16.5. The van der Waals surface area contributed by atoms with Crippen molar-refractivity contribution in [2.45, 2.75) is 51.0 Å². The molecule has 33 heavy (non-hydrogen) atoms. The Morgan fingerprint density at radius 2 is 2.03 bits per heavy atom. The third kappa shape index (κ3) is 4.21. The van der Waals surface area contributed by atoms with Crippen LogP contribution in [0.1, 0.15) is 42.0 Å². The topological polar surface area (TPSA) is 94.7 Å². The van der Waals surface area contributed by atoms with Gasteiger partial charge in [0.2, 0.25) is 11.8 Å². The molecular weight excluding hydrogens is 418 g/mol. The van der Waals surface area contributed by atoms with Crippen molar-refractivity contribution in [3.05, 3.63) is 65.2 Å². The van der Waals surface area contributed by atoms with Crippen LogP contribution in [0.2, 0.25) is 0 Å². The summed E-state index contributed by atoms with van der Waals surface area (Å²) in [7, 11) is 1.63. The SMILES string of the molecule is COc1ccccc1CNC(=O)C1CCC2C(=O)NC3C(c4cccc(C)c4)NNN3C2C1. The number of hydrogen-bond donors (Lipinski definition) is 4. The number of carbonyl (C=O) groups is 2. The smallest absolute Gasteiger partial charge is 0.226 e. The molecule has 5 unspecified atom stereocenters. The maximum absolute atomic E-state index is 13.0. The summed E-state index contributed by atoms with van der Waals surface area (Å²) in [6, 6.07) is 15.9. The van der Waals surface area contributed by atoms with Crippen LogP contribution in [0.4, 0.5) is 0 Å². The first-order valence-corrected chi connectivity index (χ1v) is 11.6. The van der Waals surface area contributed by atoms with E-state index in [1.807, 2.05) is 30.3 Å². The normalized spacial score (nSPS) is 29.0. The van der Waals surface area contributed by atoms with E-state index in [9.17, 15) is 9.59 Å². The van der Waals surface area contributed by atoms with E-state index in [1.165, 1.54) is 5.56 Å². The molecule has 0 bridgehead atoms. The summed E-state index contributed by atoms with van der Waals surface area (Å²) in [5, 5.41) is 8.38. The lowest BCUT2D eigenvalue weighted by Gasteiger charge is -2.46. The number of hydrogen-bond acceptors (Lipinski definition) is 6. The average Bonchev–Trinajstić information content (AvgIpc) is 3.26. The number of para-hydroxylation sites is 1. The molecule has 2 heterocycles. The zero-order chi connectivity index (χ0) is 22.9. The summed E-state index contributed by atoms with van der Waals surface area (Å²) in [5.41, 5.74) is 9.89. The van der Waals surface area contributed by atoms with E-state index in [2.05, 4.69) is 51.7 Å². The van der Waals surface area contributed by atoms with Crippen molar-refractivity contribution in [2.75, 3.05) is 7.11 Å². The van der Waals surface area contributed by atoms with Gasteiger partial charge in [0.25, 0.3) is 0 Å². The number of rotatable bonds is 5. The van der Waals surface area contributed by atoms with Crippen LogP contribution >= 0.6 is 0 Å². The van der Waals surface area contributed by atoms with Crippen LogP contribution in [0.15, 0.2) is 48.5 Å². The second-order valence-electron chi connectivity index (χ2n) is 9.22. The second kappa shape index (κ2) is 9.13. The Morgan fingerprint density at radius 3 is 2.85 bits per heavy atom. The van der Waals surface area contributed by atoms with Gasteiger partial charge in [-0.1, -0.05) is 48.0 Å². The van der Waals surface area contributed by atoms with Crippen molar-refractivity contribution >= 4 is 11.8 Å². The summed E-state index contributed by atoms with van der Waals surface area (Å²) in [6.45, 7) is 2.49. The van der Waals surface area contributed by atoms with E-state index < -0.39 is 0 Å². The Bertz CT molecular complexity index is 1040. The number of amides is 2. The molecule has 0 radical (unpaired) electrons. The number of ether oxygens (including phenoxy) is 1. The minimum atomic E-state index is -0.198. The Kier molecular flexibility index (Phi) is 6.05. The molecule has 2 amide bonds. The highest BCUT2D eigenvalue weighted by Crippen LogP contribution is 2.39. The van der Waals surface area contributed by atoms with E-state index in [4.69, 9.17) is 4.74 Å². The molecule has 1 saturated carbocycles. The number of carbonyl (C=O) groups excluding carboxylic acids is 2. The minimum absolute atomic E-state index is 0.0317. The Hall–Kier alpha value is -2.94. The molecule has 0 aromatic heterocycles. The number of aryl methyl sites for hydroxylation is 1. The molecule has 0 spiro atoms. The van der Waals surface area contributed by atoms with Crippen molar-refractivity contribution in [2.24, 2.45) is 11.8 Å². The van der Waals surface area contributed by atoms with Gasteiger partial charge >= 0.3 is 0 Å². The van der Waals surface area contributed by atoms with Gasteiger partial charge in [0.15, 0.2) is 0 Å². The maximum atomic E-state index is 13.0. The fourth-order valence-electron chi connectivity index (χ4n) is 5.45. The summed E-state index contributed by atoms with van der Waals surface area (Å²) in [4.78, 5) is 26.0.